The number of rotatable bonds is 5. The molecule has 7 rings (SSSR count). The highest BCUT2D eigenvalue weighted by Gasteiger charge is 2.45. The Kier molecular flexibility index (Phi) is 5.99. The molecule has 5 aromatic rings. The average Bonchev–Trinajstić information content (AvgIpc) is 3.68. The van der Waals surface area contributed by atoms with E-state index in [1.54, 1.807) is 36.5 Å². The number of hydrogen-bond acceptors (Lipinski definition) is 9. The Morgan fingerprint density at radius 2 is 1.80 bits per heavy atom. The van der Waals surface area contributed by atoms with Crippen molar-refractivity contribution in [1.29, 1.82) is 0 Å². The van der Waals surface area contributed by atoms with Gasteiger partial charge in [0.2, 0.25) is 0 Å². The predicted molar refractivity (Wildman–Crippen MR) is 149 cm³/mol. The van der Waals surface area contributed by atoms with Crippen LogP contribution in [-0.2, 0) is 14.8 Å². The first-order valence-corrected chi connectivity index (χ1v) is 15.0. The number of hydrogen-bond donors (Lipinski definition) is 0. The van der Waals surface area contributed by atoms with Crippen LogP contribution in [-0.4, -0.2) is 55.0 Å². The van der Waals surface area contributed by atoms with Gasteiger partial charge >= 0.3 is 6.29 Å². The second-order valence-corrected chi connectivity index (χ2v) is 12.3. The Hall–Kier alpha value is -4.07. The standard InChI is InChI=1S/C28H22F2N4O5S2/c1-17-5-7-19(8-6-17)41(35,36)34-15-22(20-3-2-4-24-25(20)39-28(29,30)38-24)21-13-18(14-31-26(21)34)23-16-40-27(32-23)33-9-11-37-12-10-33/h2-8,13-16H,9-12H2,1H3. The zero-order chi connectivity index (χ0) is 28.4. The Morgan fingerprint density at radius 1 is 1.02 bits per heavy atom. The van der Waals surface area contributed by atoms with Crippen molar-refractivity contribution in [2.24, 2.45) is 0 Å². The smallest absolute Gasteiger partial charge is 0.395 e. The van der Waals surface area contributed by atoms with Crippen LogP contribution in [0.4, 0.5) is 13.9 Å². The summed E-state index contributed by atoms with van der Waals surface area (Å²) in [4.78, 5) is 11.5. The lowest BCUT2D eigenvalue weighted by atomic mass is 10.0. The van der Waals surface area contributed by atoms with Crippen molar-refractivity contribution in [3.8, 4) is 33.9 Å². The molecule has 0 spiro atoms. The average molecular weight is 597 g/mol. The van der Waals surface area contributed by atoms with E-state index < -0.39 is 16.3 Å². The minimum atomic E-state index is -4.09. The highest BCUT2D eigenvalue weighted by Crippen LogP contribution is 2.49. The molecule has 2 aliphatic heterocycles. The van der Waals surface area contributed by atoms with Gasteiger partial charge in [-0.05, 0) is 31.2 Å². The quantitative estimate of drug-likeness (QED) is 0.261. The molecule has 0 unspecified atom stereocenters. The molecule has 0 atom stereocenters. The van der Waals surface area contributed by atoms with Gasteiger partial charge in [0, 0.05) is 52.9 Å². The molecule has 2 aromatic carbocycles. The van der Waals surface area contributed by atoms with Crippen LogP contribution in [0, 0.1) is 6.92 Å². The van der Waals surface area contributed by atoms with Crippen molar-refractivity contribution in [2.45, 2.75) is 18.1 Å². The van der Waals surface area contributed by atoms with E-state index in [4.69, 9.17) is 14.5 Å². The number of halogens is 2. The number of anilines is 1. The highest BCUT2D eigenvalue weighted by atomic mass is 32.2. The van der Waals surface area contributed by atoms with Gasteiger partial charge in [0.15, 0.2) is 22.3 Å². The third-order valence-corrected chi connectivity index (χ3v) is 9.54. The van der Waals surface area contributed by atoms with E-state index in [9.17, 15) is 17.2 Å². The van der Waals surface area contributed by atoms with Gasteiger partial charge in [-0.2, -0.15) is 0 Å². The number of fused-ring (bicyclic) bond motifs is 2. The molecule has 3 aromatic heterocycles. The fourth-order valence-corrected chi connectivity index (χ4v) is 7.13. The fraction of sp³-hybridized carbons (Fsp3) is 0.214. The van der Waals surface area contributed by atoms with Crippen LogP contribution in [0.1, 0.15) is 5.56 Å². The number of para-hydroxylation sites is 1. The van der Waals surface area contributed by atoms with Crippen LogP contribution >= 0.6 is 11.3 Å². The minimum absolute atomic E-state index is 0.0662. The molecule has 210 valence electrons. The van der Waals surface area contributed by atoms with E-state index in [0.29, 0.717) is 35.4 Å². The lowest BCUT2D eigenvalue weighted by Crippen LogP contribution is -2.36. The second-order valence-electron chi connectivity index (χ2n) is 9.67. The zero-order valence-corrected chi connectivity index (χ0v) is 23.2. The van der Waals surface area contributed by atoms with Crippen molar-refractivity contribution < 1.29 is 31.4 Å². The molecule has 1 saturated heterocycles. The SMILES string of the molecule is Cc1ccc(S(=O)(=O)n2cc(-c3cccc4c3OC(F)(F)O4)c3cc(-c4csc(N5CCOCC5)n4)cnc32)cc1. The van der Waals surface area contributed by atoms with Crippen LogP contribution in [0.15, 0.2) is 71.2 Å². The number of aromatic nitrogens is 3. The van der Waals surface area contributed by atoms with Crippen LogP contribution in [0.2, 0.25) is 0 Å². The van der Waals surface area contributed by atoms with Gasteiger partial charge in [-0.3, -0.25) is 0 Å². The van der Waals surface area contributed by atoms with E-state index in [-0.39, 0.29) is 27.6 Å². The minimum Gasteiger partial charge on any atom is -0.395 e. The second kappa shape index (κ2) is 9.50. The van der Waals surface area contributed by atoms with E-state index in [1.165, 1.54) is 35.7 Å². The molecule has 0 N–H and O–H groups in total. The molecule has 0 amide bonds. The summed E-state index contributed by atoms with van der Waals surface area (Å²) in [6.45, 7) is 4.58. The summed E-state index contributed by atoms with van der Waals surface area (Å²) in [6, 6.07) is 12.7. The summed E-state index contributed by atoms with van der Waals surface area (Å²) in [6.07, 6.45) is -0.897. The Bertz CT molecular complexity index is 1900. The van der Waals surface area contributed by atoms with Gasteiger partial charge in [0.25, 0.3) is 10.0 Å². The molecule has 1 fully saturated rings. The molecule has 41 heavy (non-hydrogen) atoms. The summed E-state index contributed by atoms with van der Waals surface area (Å²) in [7, 11) is -4.09. The number of aryl methyl sites for hydroxylation is 1. The van der Waals surface area contributed by atoms with Gasteiger partial charge in [-0.25, -0.2) is 22.4 Å². The summed E-state index contributed by atoms with van der Waals surface area (Å²) in [5, 5.41) is 3.17. The van der Waals surface area contributed by atoms with Gasteiger partial charge in [-0.15, -0.1) is 20.1 Å². The first-order valence-electron chi connectivity index (χ1n) is 12.7. The lowest BCUT2D eigenvalue weighted by molar-refractivity contribution is -0.286. The number of pyridine rings is 1. The molecule has 0 saturated carbocycles. The topological polar surface area (TPSA) is 95.8 Å². The van der Waals surface area contributed by atoms with Crippen molar-refractivity contribution in [3.63, 3.8) is 0 Å². The van der Waals surface area contributed by atoms with Crippen molar-refractivity contribution in [1.82, 2.24) is 13.9 Å². The van der Waals surface area contributed by atoms with Crippen molar-refractivity contribution >= 4 is 37.5 Å². The van der Waals surface area contributed by atoms with Crippen molar-refractivity contribution in [3.05, 3.63) is 71.9 Å². The maximum atomic E-state index is 14.1. The monoisotopic (exact) mass is 596 g/mol. The first kappa shape index (κ1) is 25.9. The Labute approximate surface area is 237 Å². The molecule has 13 heteroatoms. The van der Waals surface area contributed by atoms with Crippen molar-refractivity contribution in [2.75, 3.05) is 31.2 Å². The third-order valence-electron chi connectivity index (χ3n) is 6.98. The summed E-state index contributed by atoms with van der Waals surface area (Å²) < 4.78 is 71.7. The van der Waals surface area contributed by atoms with E-state index in [0.717, 1.165) is 27.8 Å². The molecular formula is C28H22F2N4O5S2. The van der Waals surface area contributed by atoms with E-state index >= 15 is 0 Å². The van der Waals surface area contributed by atoms with Crippen LogP contribution in [0.5, 0.6) is 11.5 Å². The molecule has 0 aliphatic carbocycles. The van der Waals surface area contributed by atoms with Gasteiger partial charge in [0.05, 0.1) is 23.8 Å². The third kappa shape index (κ3) is 4.49. The lowest BCUT2D eigenvalue weighted by Gasteiger charge is -2.26. The summed E-state index contributed by atoms with van der Waals surface area (Å²) in [5.41, 5.74) is 2.93. The maximum absolute atomic E-state index is 14.1. The van der Waals surface area contributed by atoms with Crippen LogP contribution in [0.3, 0.4) is 0 Å². The molecular weight excluding hydrogens is 574 g/mol. The number of thiazole rings is 1. The Balaban J connectivity index is 1.40. The van der Waals surface area contributed by atoms with Gasteiger partial charge in [0.1, 0.15) is 0 Å². The highest BCUT2D eigenvalue weighted by molar-refractivity contribution is 7.90. The normalized spacial score (nSPS) is 16.4. The number of benzene rings is 2. The molecule has 5 heterocycles. The fourth-order valence-electron chi connectivity index (χ4n) is 4.92. The molecule has 0 radical (unpaired) electrons. The molecule has 9 nitrogen and oxygen atoms in total. The van der Waals surface area contributed by atoms with Gasteiger partial charge in [-0.1, -0.05) is 29.8 Å². The molecule has 0 bridgehead atoms. The largest absolute Gasteiger partial charge is 0.586 e. The summed E-state index contributed by atoms with van der Waals surface area (Å²) >= 11 is 1.49. The van der Waals surface area contributed by atoms with E-state index in [2.05, 4.69) is 14.6 Å². The molecule has 2 aliphatic rings. The zero-order valence-electron chi connectivity index (χ0n) is 21.6. The predicted octanol–water partition coefficient (Wildman–Crippen LogP) is 5.53. The number of alkyl halides is 2. The van der Waals surface area contributed by atoms with Crippen LogP contribution < -0.4 is 14.4 Å². The Morgan fingerprint density at radius 3 is 2.59 bits per heavy atom. The maximum Gasteiger partial charge on any atom is 0.586 e. The van der Waals surface area contributed by atoms with Gasteiger partial charge < -0.3 is 19.1 Å². The first-order chi connectivity index (χ1) is 19.7. The number of ether oxygens (including phenoxy) is 3. The number of nitrogens with zero attached hydrogens (tertiary/aromatic N) is 4. The summed E-state index contributed by atoms with van der Waals surface area (Å²) in [5.74, 6) is -0.327. The van der Waals surface area contributed by atoms with Crippen LogP contribution in [0.25, 0.3) is 33.4 Å². The van der Waals surface area contributed by atoms with E-state index in [1.807, 2.05) is 12.3 Å². The number of morpholine rings is 1.